The Morgan fingerprint density at radius 2 is 2.32 bits per heavy atom. The lowest BCUT2D eigenvalue weighted by Crippen LogP contribution is -2.33. The molecule has 2 heterocycles. The van der Waals surface area contributed by atoms with Gasteiger partial charge < -0.3 is 15.2 Å². The third-order valence-corrected chi connectivity index (χ3v) is 3.84. The Hall–Kier alpha value is -2.11. The molecule has 0 saturated heterocycles. The van der Waals surface area contributed by atoms with Gasteiger partial charge in [-0.2, -0.15) is 0 Å². The van der Waals surface area contributed by atoms with Crippen LogP contribution in [0.4, 0.5) is 5.82 Å². The summed E-state index contributed by atoms with van der Waals surface area (Å²) < 4.78 is 5.62. The van der Waals surface area contributed by atoms with Gasteiger partial charge in [-0.1, -0.05) is 17.7 Å². The fourth-order valence-electron chi connectivity index (χ4n) is 2.43. The van der Waals surface area contributed by atoms with Gasteiger partial charge in [-0.15, -0.1) is 0 Å². The van der Waals surface area contributed by atoms with Gasteiger partial charge in [0.2, 0.25) is 5.91 Å². The molecule has 1 amide bonds. The Balaban J connectivity index is 1.74. The molecule has 0 radical (unpaired) electrons. The first-order valence-corrected chi connectivity index (χ1v) is 7.32. The van der Waals surface area contributed by atoms with E-state index in [-0.39, 0.29) is 18.4 Å². The number of anilines is 1. The number of hydrogen-bond donors (Lipinski definition) is 2. The third kappa shape index (κ3) is 3.05. The Kier molecular flexibility index (Phi) is 4.27. The molecule has 2 aromatic rings. The quantitative estimate of drug-likeness (QED) is 0.911. The molecule has 22 heavy (non-hydrogen) atoms. The molecule has 1 aromatic heterocycles. The molecule has 0 saturated carbocycles. The number of pyridine rings is 1. The van der Waals surface area contributed by atoms with Crippen molar-refractivity contribution in [3.8, 4) is 5.75 Å². The molecule has 0 aliphatic carbocycles. The van der Waals surface area contributed by atoms with E-state index in [0.717, 1.165) is 11.3 Å². The highest BCUT2D eigenvalue weighted by Gasteiger charge is 2.26. The topological polar surface area (TPSA) is 71.5 Å². The highest BCUT2D eigenvalue weighted by molar-refractivity contribution is 6.30. The molecule has 0 fully saturated rings. The minimum Gasteiger partial charge on any atom is -0.492 e. The number of carbonyl (C=O) groups is 1. The van der Waals surface area contributed by atoms with Gasteiger partial charge in [-0.3, -0.25) is 4.79 Å². The predicted octanol–water partition coefficient (Wildman–Crippen LogP) is 2.42. The smallest absolute Gasteiger partial charge is 0.232 e. The van der Waals surface area contributed by atoms with E-state index in [9.17, 15) is 9.90 Å². The number of hydrogen-bond acceptors (Lipinski definition) is 4. The second-order valence-electron chi connectivity index (χ2n) is 5.12. The molecule has 0 spiro atoms. The first-order valence-electron chi connectivity index (χ1n) is 6.94. The largest absolute Gasteiger partial charge is 0.492 e. The molecule has 3 rings (SSSR count). The minimum absolute atomic E-state index is 0.178. The van der Waals surface area contributed by atoms with Crippen LogP contribution in [-0.4, -0.2) is 22.6 Å². The number of fused-ring (bicyclic) bond motifs is 1. The molecule has 114 valence electrons. The van der Waals surface area contributed by atoms with Crippen molar-refractivity contribution in [1.29, 1.82) is 0 Å². The summed E-state index contributed by atoms with van der Waals surface area (Å²) in [4.78, 5) is 16.5. The van der Waals surface area contributed by atoms with E-state index >= 15 is 0 Å². The van der Waals surface area contributed by atoms with Crippen molar-refractivity contribution in [3.05, 3.63) is 52.7 Å². The number of nitrogens with one attached hydrogen (secondary N) is 1. The molecular formula is C16H15ClN2O3. The standard InChI is InChI=1S/C16H15ClN2O3/c17-13-3-4-14-11(7-13)6-12(9-22-14)16(21)19-15-10(8-20)2-1-5-18-15/h1-5,7,12,20H,6,8-9H2,(H,18,19,21). The van der Waals surface area contributed by atoms with Gasteiger partial charge in [0, 0.05) is 16.8 Å². The van der Waals surface area contributed by atoms with Crippen LogP contribution in [0.15, 0.2) is 36.5 Å². The molecule has 1 unspecified atom stereocenters. The molecule has 1 aliphatic heterocycles. The van der Waals surface area contributed by atoms with E-state index < -0.39 is 0 Å². The Labute approximate surface area is 132 Å². The Morgan fingerprint density at radius 1 is 1.45 bits per heavy atom. The predicted molar refractivity (Wildman–Crippen MR) is 82.9 cm³/mol. The number of rotatable bonds is 3. The van der Waals surface area contributed by atoms with Gasteiger partial charge >= 0.3 is 0 Å². The van der Waals surface area contributed by atoms with E-state index in [2.05, 4.69) is 10.3 Å². The van der Waals surface area contributed by atoms with Crippen LogP contribution in [0, 0.1) is 5.92 Å². The van der Waals surface area contributed by atoms with Gasteiger partial charge in [0.05, 0.1) is 12.5 Å². The van der Waals surface area contributed by atoms with E-state index in [1.807, 2.05) is 12.1 Å². The SMILES string of the molecule is O=C(Nc1ncccc1CO)C1COc2ccc(Cl)cc2C1. The molecule has 1 aromatic carbocycles. The average Bonchev–Trinajstić information content (AvgIpc) is 2.54. The van der Waals surface area contributed by atoms with Gasteiger partial charge in [-0.25, -0.2) is 4.98 Å². The zero-order chi connectivity index (χ0) is 15.5. The number of halogens is 1. The maximum atomic E-state index is 12.4. The lowest BCUT2D eigenvalue weighted by atomic mass is 9.96. The van der Waals surface area contributed by atoms with Crippen LogP contribution in [0.1, 0.15) is 11.1 Å². The second-order valence-corrected chi connectivity index (χ2v) is 5.56. The zero-order valence-electron chi connectivity index (χ0n) is 11.8. The van der Waals surface area contributed by atoms with Crippen molar-refractivity contribution in [2.45, 2.75) is 13.0 Å². The molecule has 1 aliphatic rings. The van der Waals surface area contributed by atoms with Crippen molar-refractivity contribution in [3.63, 3.8) is 0 Å². The van der Waals surface area contributed by atoms with Crippen molar-refractivity contribution in [2.75, 3.05) is 11.9 Å². The van der Waals surface area contributed by atoms with Crippen LogP contribution in [0.2, 0.25) is 5.02 Å². The van der Waals surface area contributed by atoms with Crippen molar-refractivity contribution in [2.24, 2.45) is 5.92 Å². The van der Waals surface area contributed by atoms with Gasteiger partial charge in [0.25, 0.3) is 0 Å². The summed E-state index contributed by atoms with van der Waals surface area (Å²) in [5.41, 5.74) is 1.50. The molecule has 5 nitrogen and oxygen atoms in total. The van der Waals surface area contributed by atoms with Crippen molar-refractivity contribution in [1.82, 2.24) is 4.98 Å². The van der Waals surface area contributed by atoms with Crippen molar-refractivity contribution >= 4 is 23.3 Å². The van der Waals surface area contributed by atoms with Crippen LogP contribution in [-0.2, 0) is 17.8 Å². The van der Waals surface area contributed by atoms with Gasteiger partial charge in [0.15, 0.2) is 0 Å². The number of aromatic nitrogens is 1. The summed E-state index contributed by atoms with van der Waals surface area (Å²) in [6.45, 7) is 0.130. The number of amides is 1. The Bertz CT molecular complexity index is 706. The van der Waals surface area contributed by atoms with Gasteiger partial charge in [-0.05, 0) is 36.2 Å². The summed E-state index contributed by atoms with van der Waals surface area (Å²) in [5.74, 6) is 0.646. The van der Waals surface area contributed by atoms with E-state index in [1.54, 1.807) is 24.4 Å². The molecule has 0 bridgehead atoms. The first-order chi connectivity index (χ1) is 10.7. The number of ether oxygens (including phenoxy) is 1. The maximum Gasteiger partial charge on any atom is 0.232 e. The highest BCUT2D eigenvalue weighted by atomic mass is 35.5. The third-order valence-electron chi connectivity index (χ3n) is 3.60. The van der Waals surface area contributed by atoms with Gasteiger partial charge in [0.1, 0.15) is 18.2 Å². The summed E-state index contributed by atoms with van der Waals surface area (Å²) in [6, 6.07) is 8.82. The first kappa shape index (κ1) is 14.8. The fraction of sp³-hybridized carbons (Fsp3) is 0.250. The number of carbonyl (C=O) groups excluding carboxylic acids is 1. The van der Waals surface area contributed by atoms with Crippen LogP contribution in [0.5, 0.6) is 5.75 Å². The average molecular weight is 319 g/mol. The number of aliphatic hydroxyl groups excluding tert-OH is 1. The van der Waals surface area contributed by atoms with E-state index in [1.165, 1.54) is 0 Å². The summed E-state index contributed by atoms with van der Waals surface area (Å²) in [5, 5.41) is 12.6. The number of aliphatic hydroxyl groups is 1. The molecule has 2 N–H and O–H groups in total. The monoisotopic (exact) mass is 318 g/mol. The van der Waals surface area contributed by atoms with E-state index in [4.69, 9.17) is 16.3 Å². The van der Waals surface area contributed by atoms with Crippen LogP contribution >= 0.6 is 11.6 Å². The summed E-state index contributed by atoms with van der Waals surface area (Å²) in [7, 11) is 0. The highest BCUT2D eigenvalue weighted by Crippen LogP contribution is 2.30. The summed E-state index contributed by atoms with van der Waals surface area (Å²) >= 11 is 5.98. The lowest BCUT2D eigenvalue weighted by molar-refractivity contribution is -0.121. The zero-order valence-corrected chi connectivity index (χ0v) is 12.5. The molecular weight excluding hydrogens is 304 g/mol. The molecule has 1 atom stereocenters. The fourth-order valence-corrected chi connectivity index (χ4v) is 2.62. The maximum absolute atomic E-state index is 12.4. The van der Waals surface area contributed by atoms with E-state index in [0.29, 0.717) is 29.4 Å². The molecule has 6 heteroatoms. The second kappa shape index (κ2) is 6.34. The normalized spacial score (nSPS) is 16.5. The minimum atomic E-state index is -0.320. The van der Waals surface area contributed by atoms with Crippen LogP contribution in [0.25, 0.3) is 0 Å². The number of nitrogens with zero attached hydrogens (tertiary/aromatic N) is 1. The van der Waals surface area contributed by atoms with Crippen LogP contribution in [0.3, 0.4) is 0 Å². The van der Waals surface area contributed by atoms with Crippen LogP contribution < -0.4 is 10.1 Å². The Morgan fingerprint density at radius 3 is 3.14 bits per heavy atom. The van der Waals surface area contributed by atoms with Crippen molar-refractivity contribution < 1.29 is 14.6 Å². The summed E-state index contributed by atoms with van der Waals surface area (Å²) in [6.07, 6.45) is 2.13. The lowest BCUT2D eigenvalue weighted by Gasteiger charge is -2.24. The number of benzene rings is 1.